The topological polar surface area (TPSA) is 154 Å². The number of carbonyl (C=O) groups is 4. The van der Waals surface area contributed by atoms with E-state index in [1.165, 1.54) is 24.3 Å². The van der Waals surface area contributed by atoms with Gasteiger partial charge in [0.15, 0.2) is 0 Å². The van der Waals surface area contributed by atoms with Crippen LogP contribution in [0.5, 0.6) is 5.75 Å². The summed E-state index contributed by atoms with van der Waals surface area (Å²) < 4.78 is 20.7. The van der Waals surface area contributed by atoms with E-state index in [0.29, 0.717) is 5.69 Å². The highest BCUT2D eigenvalue weighted by Gasteiger charge is 2.17. The fraction of sp³-hybridized carbons (Fsp3) is 0.233. The number of carbonyl (C=O) groups excluding carboxylic acids is 4. The largest absolute Gasteiger partial charge is 0.444 e. The van der Waals surface area contributed by atoms with Crippen molar-refractivity contribution in [1.82, 2.24) is 16.0 Å². The Labute approximate surface area is 243 Å². The third-order valence-corrected chi connectivity index (χ3v) is 4.95. The molecule has 0 atom stereocenters. The number of rotatable bonds is 8. The predicted octanol–water partition coefficient (Wildman–Crippen LogP) is 4.96. The molecule has 0 saturated heterocycles. The molecule has 0 unspecified atom stereocenters. The Hall–Kier alpha value is -5.39. The van der Waals surface area contributed by atoms with Crippen LogP contribution >= 0.6 is 0 Å². The lowest BCUT2D eigenvalue weighted by atomic mass is 10.2. The van der Waals surface area contributed by atoms with Crippen LogP contribution in [0.1, 0.15) is 31.9 Å². The molecule has 12 nitrogen and oxygen atoms in total. The number of hydrogen-bond donors (Lipinski definition) is 3. The van der Waals surface area contributed by atoms with Crippen molar-refractivity contribution < 1.29 is 38.1 Å². The number of alkyl carbamates (subject to hydrolysis) is 3. The normalized spacial score (nSPS) is 10.5. The van der Waals surface area contributed by atoms with E-state index < -0.39 is 36.4 Å². The van der Waals surface area contributed by atoms with Crippen LogP contribution in [0.4, 0.5) is 20.1 Å². The average molecular weight is 577 g/mol. The van der Waals surface area contributed by atoms with Crippen LogP contribution in [0.2, 0.25) is 0 Å². The summed E-state index contributed by atoms with van der Waals surface area (Å²) in [6, 6.07) is 24.0. The van der Waals surface area contributed by atoms with Crippen LogP contribution in [-0.2, 0) is 32.2 Å². The summed E-state index contributed by atoms with van der Waals surface area (Å²) in [5.74, 6) is -0.794. The van der Waals surface area contributed by atoms with Gasteiger partial charge >= 0.3 is 24.2 Å². The predicted molar refractivity (Wildman–Crippen MR) is 153 cm³/mol. The molecule has 0 radical (unpaired) electrons. The number of benzene rings is 3. The summed E-state index contributed by atoms with van der Waals surface area (Å²) in [4.78, 5) is 52.9. The molecule has 0 aliphatic carbocycles. The van der Waals surface area contributed by atoms with Gasteiger partial charge in [0.2, 0.25) is 5.96 Å². The zero-order valence-electron chi connectivity index (χ0n) is 23.4. The van der Waals surface area contributed by atoms with Crippen LogP contribution in [0.25, 0.3) is 0 Å². The third-order valence-electron chi connectivity index (χ3n) is 4.95. The Balaban J connectivity index is 1.61. The standard InChI is InChI=1S/C30H32N4O8/c1-30(2,3)42-27(36)31-18-25(35)41-24-16-14-23(15-17-24)32-26(33-28(37)39-19-21-10-6-4-7-11-21)34-29(38)40-20-22-12-8-5-9-13-22/h4-17H,18-20H2,1-3H3,(H,31,36)(H2,32,33,34,37,38). The number of guanidine groups is 1. The summed E-state index contributed by atoms with van der Waals surface area (Å²) in [7, 11) is 0. The van der Waals surface area contributed by atoms with Crippen LogP contribution in [0.3, 0.4) is 0 Å². The molecule has 0 spiro atoms. The lowest BCUT2D eigenvalue weighted by Gasteiger charge is -2.19. The van der Waals surface area contributed by atoms with E-state index in [2.05, 4.69) is 20.9 Å². The van der Waals surface area contributed by atoms with Crippen LogP contribution < -0.4 is 20.7 Å². The lowest BCUT2D eigenvalue weighted by Crippen LogP contribution is -2.44. The first-order valence-electron chi connectivity index (χ1n) is 12.9. The first kappa shape index (κ1) is 31.1. The Morgan fingerprint density at radius 3 is 1.67 bits per heavy atom. The SMILES string of the molecule is CC(C)(C)OC(=O)NCC(=O)Oc1ccc(N=C(NC(=O)OCc2ccccc2)NC(=O)OCc2ccccc2)cc1. The molecule has 0 bridgehead atoms. The van der Waals surface area contributed by atoms with Crippen molar-refractivity contribution in [2.45, 2.75) is 39.6 Å². The summed E-state index contributed by atoms with van der Waals surface area (Å²) >= 11 is 0. The fourth-order valence-electron chi connectivity index (χ4n) is 3.14. The zero-order valence-corrected chi connectivity index (χ0v) is 23.4. The molecule has 3 N–H and O–H groups in total. The van der Waals surface area contributed by atoms with E-state index in [-0.39, 0.29) is 24.9 Å². The van der Waals surface area contributed by atoms with E-state index in [1.807, 2.05) is 36.4 Å². The highest BCUT2D eigenvalue weighted by molar-refractivity contribution is 6.02. The van der Waals surface area contributed by atoms with Crippen molar-refractivity contribution in [3.8, 4) is 5.75 Å². The molecule has 3 aromatic rings. The minimum atomic E-state index is -0.857. The van der Waals surface area contributed by atoms with Gasteiger partial charge in [-0.1, -0.05) is 60.7 Å². The Morgan fingerprint density at radius 2 is 1.19 bits per heavy atom. The smallest absolute Gasteiger partial charge is 0.414 e. The number of amides is 3. The molecule has 12 heteroatoms. The fourth-order valence-corrected chi connectivity index (χ4v) is 3.14. The number of hydrogen-bond acceptors (Lipinski definition) is 9. The maximum absolute atomic E-state index is 12.4. The highest BCUT2D eigenvalue weighted by Crippen LogP contribution is 2.18. The van der Waals surface area contributed by atoms with Gasteiger partial charge in [-0.25, -0.2) is 24.2 Å². The van der Waals surface area contributed by atoms with Gasteiger partial charge < -0.3 is 24.3 Å². The number of aliphatic imine (C=N–C) groups is 1. The average Bonchev–Trinajstić information content (AvgIpc) is 2.95. The molecule has 0 aliphatic heterocycles. The first-order valence-corrected chi connectivity index (χ1v) is 12.9. The number of nitrogens with zero attached hydrogens (tertiary/aromatic N) is 1. The van der Waals surface area contributed by atoms with Gasteiger partial charge in [0, 0.05) is 0 Å². The quantitative estimate of drug-likeness (QED) is 0.112. The molecular weight excluding hydrogens is 544 g/mol. The van der Waals surface area contributed by atoms with E-state index in [1.54, 1.807) is 45.0 Å². The summed E-state index contributed by atoms with van der Waals surface area (Å²) in [6.07, 6.45) is -2.46. The maximum Gasteiger partial charge on any atom is 0.414 e. The molecule has 0 aliphatic rings. The molecule has 0 heterocycles. The van der Waals surface area contributed by atoms with Crippen molar-refractivity contribution in [3.63, 3.8) is 0 Å². The number of esters is 1. The number of nitrogens with one attached hydrogen (secondary N) is 3. The van der Waals surface area contributed by atoms with Crippen molar-refractivity contribution >= 4 is 35.9 Å². The van der Waals surface area contributed by atoms with E-state index in [9.17, 15) is 19.2 Å². The monoisotopic (exact) mass is 576 g/mol. The van der Waals surface area contributed by atoms with E-state index in [0.717, 1.165) is 11.1 Å². The van der Waals surface area contributed by atoms with Crippen LogP contribution in [0, 0.1) is 0 Å². The van der Waals surface area contributed by atoms with Gasteiger partial charge in [0.05, 0.1) is 5.69 Å². The highest BCUT2D eigenvalue weighted by atomic mass is 16.6. The van der Waals surface area contributed by atoms with Gasteiger partial charge in [0.25, 0.3) is 0 Å². The maximum atomic E-state index is 12.4. The summed E-state index contributed by atoms with van der Waals surface area (Å²) in [5, 5.41) is 7.10. The first-order chi connectivity index (χ1) is 20.1. The van der Waals surface area contributed by atoms with Gasteiger partial charge in [-0.05, 0) is 56.2 Å². The summed E-state index contributed by atoms with van der Waals surface area (Å²) in [6.45, 7) is 4.71. The lowest BCUT2D eigenvalue weighted by molar-refractivity contribution is -0.133. The second-order valence-corrected chi connectivity index (χ2v) is 9.66. The second kappa shape index (κ2) is 15.4. The van der Waals surface area contributed by atoms with Gasteiger partial charge in [-0.3, -0.25) is 10.6 Å². The summed E-state index contributed by atoms with van der Waals surface area (Å²) in [5.41, 5.74) is 1.13. The van der Waals surface area contributed by atoms with E-state index >= 15 is 0 Å². The second-order valence-electron chi connectivity index (χ2n) is 9.66. The molecule has 3 rings (SSSR count). The Morgan fingerprint density at radius 1 is 0.690 bits per heavy atom. The Kier molecular flexibility index (Phi) is 11.4. The minimum absolute atomic E-state index is 0.00125. The third kappa shape index (κ3) is 12.2. The molecule has 42 heavy (non-hydrogen) atoms. The van der Waals surface area contributed by atoms with Crippen molar-refractivity contribution in [1.29, 1.82) is 0 Å². The van der Waals surface area contributed by atoms with Crippen molar-refractivity contribution in [2.75, 3.05) is 6.54 Å². The van der Waals surface area contributed by atoms with Gasteiger partial charge in [-0.15, -0.1) is 0 Å². The minimum Gasteiger partial charge on any atom is -0.444 e. The van der Waals surface area contributed by atoms with Gasteiger partial charge in [-0.2, -0.15) is 0 Å². The van der Waals surface area contributed by atoms with Crippen LogP contribution in [-0.4, -0.2) is 42.4 Å². The van der Waals surface area contributed by atoms with E-state index in [4.69, 9.17) is 18.9 Å². The molecule has 220 valence electrons. The molecular formula is C30H32N4O8. The number of ether oxygens (including phenoxy) is 4. The van der Waals surface area contributed by atoms with Gasteiger partial charge in [0.1, 0.15) is 31.1 Å². The molecule has 0 aromatic heterocycles. The Bertz CT molecular complexity index is 1310. The zero-order chi connectivity index (χ0) is 30.4. The molecule has 3 amide bonds. The van der Waals surface area contributed by atoms with Crippen LogP contribution in [0.15, 0.2) is 89.9 Å². The molecule has 0 fully saturated rings. The van der Waals surface area contributed by atoms with Crippen molar-refractivity contribution in [3.05, 3.63) is 96.1 Å². The molecule has 3 aromatic carbocycles. The molecule has 0 saturated carbocycles. The van der Waals surface area contributed by atoms with Crippen molar-refractivity contribution in [2.24, 2.45) is 4.99 Å².